The van der Waals surface area contributed by atoms with Gasteiger partial charge in [0.25, 0.3) is 0 Å². The van der Waals surface area contributed by atoms with E-state index in [1.54, 1.807) is 6.20 Å². The number of fused-ring (bicyclic) bond motifs is 1. The average Bonchev–Trinajstić information content (AvgIpc) is 3.25. The van der Waals surface area contributed by atoms with E-state index in [0.717, 1.165) is 68.1 Å². The highest BCUT2D eigenvalue weighted by molar-refractivity contribution is 6.76. The van der Waals surface area contributed by atoms with Crippen molar-refractivity contribution in [1.29, 1.82) is 0 Å². The molecule has 2 N–H and O–H groups in total. The Kier molecular flexibility index (Phi) is 9.96. The van der Waals surface area contributed by atoms with E-state index in [4.69, 9.17) is 19.6 Å². The van der Waals surface area contributed by atoms with Crippen LogP contribution in [-0.4, -0.2) is 74.7 Å². The van der Waals surface area contributed by atoms with Crippen molar-refractivity contribution in [2.24, 2.45) is 0 Å². The summed E-state index contributed by atoms with van der Waals surface area (Å²) in [4.78, 5) is 18.1. The van der Waals surface area contributed by atoms with Gasteiger partial charge in [0.15, 0.2) is 5.65 Å². The summed E-state index contributed by atoms with van der Waals surface area (Å²) in [5, 5.41) is 16.2. The maximum absolute atomic E-state index is 11.0. The molecule has 1 aliphatic carbocycles. The standard InChI is InChI=1S/C25H45N5O4Si2/c1-35(2,3)15-13-33-18-29(19-34-14-16-36(4,5)6)24-17-22(28-23-11-12-26-30(23)24)20-7-9-21(10-8-20)27-25(31)32/h11-12,17,20-21,27H,7-10,13-16,18-19H2,1-6H3,(H,31,32). The van der Waals surface area contributed by atoms with Crippen molar-refractivity contribution in [3.8, 4) is 0 Å². The van der Waals surface area contributed by atoms with E-state index in [1.807, 2.05) is 10.6 Å². The number of nitrogens with one attached hydrogen (secondary N) is 1. The van der Waals surface area contributed by atoms with Crippen molar-refractivity contribution >= 4 is 33.7 Å². The molecule has 0 saturated heterocycles. The van der Waals surface area contributed by atoms with Crippen molar-refractivity contribution in [3.05, 3.63) is 24.0 Å². The minimum absolute atomic E-state index is 0.0213. The molecule has 0 aromatic carbocycles. The van der Waals surface area contributed by atoms with Gasteiger partial charge in [0.1, 0.15) is 19.3 Å². The van der Waals surface area contributed by atoms with Crippen molar-refractivity contribution in [3.63, 3.8) is 0 Å². The molecular formula is C25H45N5O4Si2. The molecule has 2 aromatic rings. The van der Waals surface area contributed by atoms with Gasteiger partial charge < -0.3 is 24.8 Å². The molecule has 0 unspecified atom stereocenters. The van der Waals surface area contributed by atoms with Crippen LogP contribution < -0.4 is 10.2 Å². The zero-order chi connectivity index (χ0) is 26.3. The van der Waals surface area contributed by atoms with Gasteiger partial charge in [-0.15, -0.1) is 0 Å². The van der Waals surface area contributed by atoms with Gasteiger partial charge in [-0.3, -0.25) is 0 Å². The lowest BCUT2D eigenvalue weighted by Gasteiger charge is -2.30. The van der Waals surface area contributed by atoms with Gasteiger partial charge in [-0.25, -0.2) is 9.78 Å². The monoisotopic (exact) mass is 535 g/mol. The van der Waals surface area contributed by atoms with E-state index < -0.39 is 22.2 Å². The van der Waals surface area contributed by atoms with Gasteiger partial charge in [-0.2, -0.15) is 9.61 Å². The summed E-state index contributed by atoms with van der Waals surface area (Å²) in [5.41, 5.74) is 1.84. The minimum Gasteiger partial charge on any atom is -0.465 e. The van der Waals surface area contributed by atoms with Crippen LogP contribution in [0, 0.1) is 0 Å². The molecule has 9 nitrogen and oxygen atoms in total. The zero-order valence-electron chi connectivity index (χ0n) is 22.9. The summed E-state index contributed by atoms with van der Waals surface area (Å²) in [6.07, 6.45) is 4.28. The first kappa shape index (κ1) is 28.6. The maximum Gasteiger partial charge on any atom is 0.404 e. The lowest BCUT2D eigenvalue weighted by molar-refractivity contribution is 0.0942. The van der Waals surface area contributed by atoms with Crippen LogP contribution in [-0.2, 0) is 9.47 Å². The molecule has 202 valence electrons. The molecule has 2 heterocycles. The van der Waals surface area contributed by atoms with E-state index in [1.165, 1.54) is 0 Å². The smallest absolute Gasteiger partial charge is 0.404 e. The van der Waals surface area contributed by atoms with E-state index in [-0.39, 0.29) is 12.0 Å². The molecule has 1 saturated carbocycles. The Bertz CT molecular complexity index is 959. The number of ether oxygens (including phenoxy) is 2. The summed E-state index contributed by atoms with van der Waals surface area (Å²) in [7, 11) is -2.36. The second-order valence-corrected chi connectivity index (χ2v) is 23.6. The van der Waals surface area contributed by atoms with Gasteiger partial charge in [0.2, 0.25) is 0 Å². The molecule has 2 aromatic heterocycles. The van der Waals surface area contributed by atoms with Crippen LogP contribution in [0.1, 0.15) is 37.3 Å². The predicted molar refractivity (Wildman–Crippen MR) is 150 cm³/mol. The van der Waals surface area contributed by atoms with Crippen LogP contribution in [0.4, 0.5) is 10.6 Å². The maximum atomic E-state index is 11.0. The third-order valence-corrected chi connectivity index (χ3v) is 10.1. The second kappa shape index (κ2) is 12.5. The quantitative estimate of drug-likeness (QED) is 0.200. The summed E-state index contributed by atoms with van der Waals surface area (Å²) in [6, 6.07) is 6.31. The number of carbonyl (C=O) groups is 1. The third-order valence-electron chi connectivity index (χ3n) is 6.64. The number of rotatable bonds is 13. The molecule has 0 bridgehead atoms. The predicted octanol–water partition coefficient (Wildman–Crippen LogP) is 5.45. The fraction of sp³-hybridized carbons (Fsp3) is 0.720. The summed E-state index contributed by atoms with van der Waals surface area (Å²) >= 11 is 0. The van der Waals surface area contributed by atoms with E-state index in [2.05, 4.69) is 60.7 Å². The Hall–Kier alpha value is -1.96. The van der Waals surface area contributed by atoms with Crippen LogP contribution >= 0.6 is 0 Å². The molecule has 36 heavy (non-hydrogen) atoms. The molecule has 0 spiro atoms. The number of carboxylic acid groups (broad SMARTS) is 1. The summed E-state index contributed by atoms with van der Waals surface area (Å²) < 4.78 is 14.2. The van der Waals surface area contributed by atoms with E-state index in [9.17, 15) is 4.79 Å². The lowest BCUT2D eigenvalue weighted by atomic mass is 9.84. The molecule has 3 rings (SSSR count). The number of aromatic nitrogens is 3. The highest BCUT2D eigenvalue weighted by atomic mass is 28.3. The van der Waals surface area contributed by atoms with Gasteiger partial charge in [0, 0.05) is 59.1 Å². The molecule has 11 heteroatoms. The summed E-state index contributed by atoms with van der Waals surface area (Å²) in [6.45, 7) is 16.5. The number of amides is 1. The van der Waals surface area contributed by atoms with Crippen molar-refractivity contribution in [2.45, 2.75) is 89.0 Å². The molecule has 0 radical (unpaired) electrons. The molecule has 0 atom stereocenters. The van der Waals surface area contributed by atoms with Crippen LogP contribution in [0.15, 0.2) is 18.3 Å². The Labute approximate surface area is 217 Å². The lowest BCUT2D eigenvalue weighted by Crippen LogP contribution is -2.36. The van der Waals surface area contributed by atoms with Crippen LogP contribution in [0.3, 0.4) is 0 Å². The van der Waals surface area contributed by atoms with Gasteiger partial charge >= 0.3 is 6.09 Å². The van der Waals surface area contributed by atoms with Gasteiger partial charge in [-0.1, -0.05) is 39.3 Å². The Morgan fingerprint density at radius 3 is 2.17 bits per heavy atom. The number of nitrogens with zero attached hydrogens (tertiary/aromatic N) is 4. The average molecular weight is 536 g/mol. The van der Waals surface area contributed by atoms with Crippen molar-refractivity contribution in [2.75, 3.05) is 31.6 Å². The molecule has 1 aliphatic rings. The Balaban J connectivity index is 1.77. The fourth-order valence-corrected chi connectivity index (χ4v) is 5.85. The molecule has 1 amide bonds. The molecule has 1 fully saturated rings. The van der Waals surface area contributed by atoms with Crippen molar-refractivity contribution in [1.82, 2.24) is 19.9 Å². The third kappa shape index (κ3) is 9.17. The highest BCUT2D eigenvalue weighted by Crippen LogP contribution is 2.34. The first-order chi connectivity index (χ1) is 16.9. The number of hydrogen-bond donors (Lipinski definition) is 2. The van der Waals surface area contributed by atoms with Crippen LogP contribution in [0.2, 0.25) is 51.4 Å². The topological polar surface area (TPSA) is 101 Å². The Morgan fingerprint density at radius 1 is 1.06 bits per heavy atom. The van der Waals surface area contributed by atoms with Crippen LogP contribution in [0.25, 0.3) is 5.65 Å². The van der Waals surface area contributed by atoms with Crippen molar-refractivity contribution < 1.29 is 19.4 Å². The second-order valence-electron chi connectivity index (χ2n) is 12.4. The fourth-order valence-electron chi connectivity index (χ4n) is 4.33. The minimum atomic E-state index is -1.18. The highest BCUT2D eigenvalue weighted by Gasteiger charge is 2.26. The normalized spacial score (nSPS) is 18.9. The SMILES string of the molecule is C[Si](C)(C)CCOCN(COCC[Si](C)(C)C)c1cc(C2CCC(NC(=O)O)CC2)nc2ccnn12. The first-order valence-electron chi connectivity index (χ1n) is 13.2. The zero-order valence-corrected chi connectivity index (χ0v) is 24.9. The van der Waals surface area contributed by atoms with E-state index in [0.29, 0.717) is 13.5 Å². The van der Waals surface area contributed by atoms with E-state index >= 15 is 0 Å². The Morgan fingerprint density at radius 2 is 1.64 bits per heavy atom. The van der Waals surface area contributed by atoms with Gasteiger partial charge in [-0.05, 0) is 37.8 Å². The molecular weight excluding hydrogens is 490 g/mol. The van der Waals surface area contributed by atoms with Crippen LogP contribution in [0.5, 0.6) is 0 Å². The first-order valence-corrected chi connectivity index (χ1v) is 20.6. The largest absolute Gasteiger partial charge is 0.465 e. The summed E-state index contributed by atoms with van der Waals surface area (Å²) in [5.74, 6) is 1.21. The number of hydrogen-bond acceptors (Lipinski definition) is 6. The van der Waals surface area contributed by atoms with Gasteiger partial charge in [0.05, 0.1) is 6.20 Å². The molecule has 0 aliphatic heterocycles. The number of anilines is 1.